The predicted molar refractivity (Wildman–Crippen MR) is 91.3 cm³/mol. The normalized spacial score (nSPS) is 16.0. The summed E-state index contributed by atoms with van der Waals surface area (Å²) in [4.78, 5) is 16.8. The van der Waals surface area contributed by atoms with Gasteiger partial charge in [0.05, 0.1) is 12.0 Å². The Labute approximate surface area is 133 Å². The van der Waals surface area contributed by atoms with Gasteiger partial charge in [0.15, 0.2) is 0 Å². The average Bonchev–Trinajstić information content (AvgIpc) is 2.91. The summed E-state index contributed by atoms with van der Waals surface area (Å²) >= 11 is 1.41. The quantitative estimate of drug-likeness (QED) is 0.802. The monoisotopic (exact) mass is 309 g/mol. The van der Waals surface area contributed by atoms with Gasteiger partial charge in [0.25, 0.3) is 5.91 Å². The third kappa shape index (κ3) is 3.12. The molecule has 0 aromatic heterocycles. The molecule has 1 aliphatic rings. The van der Waals surface area contributed by atoms with E-state index in [1.165, 1.54) is 17.3 Å². The summed E-state index contributed by atoms with van der Waals surface area (Å²) in [6.45, 7) is 2.04. The van der Waals surface area contributed by atoms with Crippen LogP contribution in [0.2, 0.25) is 0 Å². The lowest BCUT2D eigenvalue weighted by Crippen LogP contribution is -1.91. The molecule has 0 radical (unpaired) electrons. The van der Waals surface area contributed by atoms with Gasteiger partial charge in [0, 0.05) is 5.56 Å². The van der Waals surface area contributed by atoms with Crippen LogP contribution in [0, 0.1) is 6.92 Å². The van der Waals surface area contributed by atoms with Crippen molar-refractivity contribution in [2.24, 2.45) is 4.99 Å². The van der Waals surface area contributed by atoms with E-state index in [9.17, 15) is 4.79 Å². The van der Waals surface area contributed by atoms with Crippen molar-refractivity contribution in [3.05, 3.63) is 70.1 Å². The first-order valence-electron chi connectivity index (χ1n) is 6.89. The Kier molecular flexibility index (Phi) is 4.11. The van der Waals surface area contributed by atoms with Crippen LogP contribution in [0.3, 0.4) is 0 Å². The van der Waals surface area contributed by atoms with E-state index >= 15 is 0 Å². The fourth-order valence-electron chi connectivity index (χ4n) is 2.08. The maximum absolute atomic E-state index is 12.1. The molecule has 0 N–H and O–H groups in total. The molecular weight excluding hydrogens is 294 g/mol. The zero-order valence-corrected chi connectivity index (χ0v) is 13.2. The third-order valence-corrected chi connectivity index (χ3v) is 4.37. The molecule has 2 aromatic carbocycles. The Morgan fingerprint density at radius 3 is 2.36 bits per heavy atom. The van der Waals surface area contributed by atoms with E-state index in [1.54, 1.807) is 7.11 Å². The van der Waals surface area contributed by atoms with Crippen molar-refractivity contribution in [1.82, 2.24) is 0 Å². The molecule has 0 aliphatic carbocycles. The summed E-state index contributed by atoms with van der Waals surface area (Å²) < 4.78 is 5.14. The molecule has 2 aromatic rings. The molecular formula is C18H15NO2S. The molecule has 1 amide bonds. The van der Waals surface area contributed by atoms with E-state index in [0.717, 1.165) is 21.9 Å². The highest BCUT2D eigenvalue weighted by atomic mass is 32.2. The van der Waals surface area contributed by atoms with Crippen molar-refractivity contribution in [1.29, 1.82) is 0 Å². The number of aryl methyl sites for hydroxylation is 1. The Bertz CT molecular complexity index is 759. The van der Waals surface area contributed by atoms with E-state index in [-0.39, 0.29) is 5.91 Å². The van der Waals surface area contributed by atoms with E-state index in [1.807, 2.05) is 61.5 Å². The van der Waals surface area contributed by atoms with Crippen molar-refractivity contribution < 1.29 is 9.53 Å². The number of aliphatic imine (C=N–C) groups is 1. The van der Waals surface area contributed by atoms with E-state index in [4.69, 9.17) is 4.74 Å². The van der Waals surface area contributed by atoms with Gasteiger partial charge >= 0.3 is 0 Å². The van der Waals surface area contributed by atoms with E-state index < -0.39 is 0 Å². The second-order valence-corrected chi connectivity index (χ2v) is 6.00. The smallest absolute Gasteiger partial charge is 0.284 e. The highest BCUT2D eigenvalue weighted by Crippen LogP contribution is 2.32. The third-order valence-electron chi connectivity index (χ3n) is 3.33. The highest BCUT2D eigenvalue weighted by Gasteiger charge is 2.22. The summed E-state index contributed by atoms with van der Waals surface area (Å²) in [5, 5.41) is 0.728. The van der Waals surface area contributed by atoms with Gasteiger partial charge in [0.2, 0.25) is 0 Å². The van der Waals surface area contributed by atoms with Crippen molar-refractivity contribution >= 4 is 28.8 Å². The molecule has 0 unspecified atom stereocenters. The fourth-order valence-corrected chi connectivity index (χ4v) is 3.00. The van der Waals surface area contributed by atoms with Gasteiger partial charge in [-0.2, -0.15) is 0 Å². The Morgan fingerprint density at radius 2 is 1.73 bits per heavy atom. The largest absolute Gasteiger partial charge is 0.497 e. The van der Waals surface area contributed by atoms with Crippen LogP contribution in [0.4, 0.5) is 0 Å². The van der Waals surface area contributed by atoms with Gasteiger partial charge in [-0.15, -0.1) is 0 Å². The number of rotatable bonds is 3. The first-order chi connectivity index (χ1) is 10.7. The van der Waals surface area contributed by atoms with Gasteiger partial charge in [-0.3, -0.25) is 4.79 Å². The molecule has 0 fully saturated rings. The maximum Gasteiger partial charge on any atom is 0.284 e. The van der Waals surface area contributed by atoms with Crippen LogP contribution < -0.4 is 4.74 Å². The first kappa shape index (κ1) is 14.6. The SMILES string of the molecule is COc1ccc(C2=NC(=O)/C(=C/c3ccc(C)cc3)S2)cc1. The van der Waals surface area contributed by atoms with Gasteiger partial charge < -0.3 is 4.74 Å². The zero-order valence-electron chi connectivity index (χ0n) is 12.4. The molecule has 22 heavy (non-hydrogen) atoms. The summed E-state index contributed by atoms with van der Waals surface area (Å²) in [6.07, 6.45) is 1.88. The lowest BCUT2D eigenvalue weighted by atomic mass is 10.1. The summed E-state index contributed by atoms with van der Waals surface area (Å²) in [7, 11) is 1.63. The number of methoxy groups -OCH3 is 1. The lowest BCUT2D eigenvalue weighted by molar-refractivity contribution is -0.113. The second-order valence-electron chi connectivity index (χ2n) is 4.97. The van der Waals surface area contributed by atoms with Crippen LogP contribution in [-0.2, 0) is 4.79 Å². The van der Waals surface area contributed by atoms with Crippen LogP contribution in [0.25, 0.3) is 6.08 Å². The molecule has 0 spiro atoms. The number of amides is 1. The first-order valence-corrected chi connectivity index (χ1v) is 7.71. The van der Waals surface area contributed by atoms with Gasteiger partial charge in [-0.25, -0.2) is 4.99 Å². The van der Waals surface area contributed by atoms with Crippen LogP contribution in [-0.4, -0.2) is 18.1 Å². The van der Waals surface area contributed by atoms with Crippen molar-refractivity contribution in [3.63, 3.8) is 0 Å². The molecule has 3 nitrogen and oxygen atoms in total. The van der Waals surface area contributed by atoms with Crippen LogP contribution in [0.15, 0.2) is 58.4 Å². The number of carbonyl (C=O) groups excluding carboxylic acids is 1. The van der Waals surface area contributed by atoms with Crippen molar-refractivity contribution in [2.75, 3.05) is 7.11 Å². The molecule has 1 heterocycles. The minimum absolute atomic E-state index is 0.184. The van der Waals surface area contributed by atoms with Crippen LogP contribution in [0.5, 0.6) is 5.75 Å². The minimum Gasteiger partial charge on any atom is -0.497 e. The number of carbonyl (C=O) groups is 1. The second kappa shape index (κ2) is 6.20. The number of thioether (sulfide) groups is 1. The van der Waals surface area contributed by atoms with Crippen molar-refractivity contribution in [2.45, 2.75) is 6.92 Å². The maximum atomic E-state index is 12.1. The number of hydrogen-bond donors (Lipinski definition) is 0. The molecule has 0 saturated carbocycles. The molecule has 4 heteroatoms. The molecule has 110 valence electrons. The Balaban J connectivity index is 1.81. The van der Waals surface area contributed by atoms with E-state index in [2.05, 4.69) is 4.99 Å². The standard InChI is InChI=1S/C18H15NO2S/c1-12-3-5-13(6-4-12)11-16-17(20)19-18(22-16)14-7-9-15(21-2)10-8-14/h3-11H,1-2H3/b16-11-. The fraction of sp³-hybridized carbons (Fsp3) is 0.111. The van der Waals surface area contributed by atoms with E-state index in [0.29, 0.717) is 4.91 Å². The summed E-state index contributed by atoms with van der Waals surface area (Å²) in [5.74, 6) is 0.602. The number of benzene rings is 2. The summed E-state index contributed by atoms with van der Waals surface area (Å²) in [5.41, 5.74) is 3.13. The van der Waals surface area contributed by atoms with Gasteiger partial charge in [0.1, 0.15) is 10.8 Å². The zero-order chi connectivity index (χ0) is 15.5. The Morgan fingerprint density at radius 1 is 1.05 bits per heavy atom. The van der Waals surface area contributed by atoms with Crippen LogP contribution >= 0.6 is 11.8 Å². The predicted octanol–water partition coefficient (Wildman–Crippen LogP) is 4.06. The average molecular weight is 309 g/mol. The van der Waals surface area contributed by atoms with Gasteiger partial charge in [-0.05, 0) is 42.8 Å². The lowest BCUT2D eigenvalue weighted by Gasteiger charge is -2.02. The van der Waals surface area contributed by atoms with Crippen molar-refractivity contribution in [3.8, 4) is 5.75 Å². The van der Waals surface area contributed by atoms with Crippen LogP contribution in [0.1, 0.15) is 16.7 Å². The molecule has 0 atom stereocenters. The molecule has 0 bridgehead atoms. The topological polar surface area (TPSA) is 38.7 Å². The number of ether oxygens (including phenoxy) is 1. The molecule has 1 aliphatic heterocycles. The number of hydrogen-bond acceptors (Lipinski definition) is 3. The highest BCUT2D eigenvalue weighted by molar-refractivity contribution is 8.19. The summed E-state index contributed by atoms with van der Waals surface area (Å²) in [6, 6.07) is 15.6. The molecule has 3 rings (SSSR count). The van der Waals surface area contributed by atoms with Gasteiger partial charge in [-0.1, -0.05) is 41.6 Å². The minimum atomic E-state index is -0.184. The Hall–Kier alpha value is -2.33. The number of nitrogens with zero attached hydrogens (tertiary/aromatic N) is 1. The molecule has 0 saturated heterocycles.